The van der Waals surface area contributed by atoms with Crippen molar-refractivity contribution in [2.45, 2.75) is 32.2 Å². The van der Waals surface area contributed by atoms with Gasteiger partial charge in [0.25, 0.3) is 0 Å². The maximum atomic E-state index is 11.5. The third-order valence-corrected chi connectivity index (χ3v) is 4.20. The molecule has 1 aliphatic carbocycles. The lowest BCUT2D eigenvalue weighted by molar-refractivity contribution is 0.401. The summed E-state index contributed by atoms with van der Waals surface area (Å²) in [5.74, 6) is 0.182. The van der Waals surface area contributed by atoms with E-state index in [1.165, 1.54) is 0 Å². The minimum atomic E-state index is -3.36. The van der Waals surface area contributed by atoms with Gasteiger partial charge in [-0.2, -0.15) is 0 Å². The number of nitrogens with two attached hydrogens (primary N) is 1. The number of sulfonamides is 1. The minimum Gasteiger partial charge on any atom is -0.392 e. The summed E-state index contributed by atoms with van der Waals surface area (Å²) in [4.78, 5) is 0.00379. The van der Waals surface area contributed by atoms with Gasteiger partial charge >= 0.3 is 0 Å². The second-order valence-electron chi connectivity index (χ2n) is 4.32. The van der Waals surface area contributed by atoms with Gasteiger partial charge in [-0.25, -0.2) is 13.1 Å². The van der Waals surface area contributed by atoms with Crippen LogP contribution in [0.15, 0.2) is 0 Å². The lowest BCUT2D eigenvalue weighted by atomic mass is 10.0. The van der Waals surface area contributed by atoms with Crippen LogP contribution in [-0.4, -0.2) is 24.7 Å². The molecule has 0 heterocycles. The summed E-state index contributed by atoms with van der Waals surface area (Å²) in [6.45, 7) is 3.78. The quantitative estimate of drug-likeness (QED) is 0.677. The van der Waals surface area contributed by atoms with Crippen LogP contribution in [0.2, 0.25) is 0 Å². The first kappa shape index (κ1) is 11.9. The van der Waals surface area contributed by atoms with E-state index in [2.05, 4.69) is 16.9 Å². The van der Waals surface area contributed by atoms with Gasteiger partial charge in [0.05, 0.1) is 4.99 Å². The molecule has 0 unspecified atom stereocenters. The SMILES string of the molecule is CC(C)(NS(=O)(=O)CC(N)=S)C1CC1. The molecule has 0 bridgehead atoms. The number of nitrogens with one attached hydrogen (secondary N) is 1. The predicted molar refractivity (Wildman–Crippen MR) is 60.5 cm³/mol. The number of hydrogen-bond acceptors (Lipinski definition) is 3. The van der Waals surface area contributed by atoms with Crippen molar-refractivity contribution in [3.8, 4) is 0 Å². The normalized spacial score (nSPS) is 18.1. The first-order chi connectivity index (χ1) is 6.23. The first-order valence-corrected chi connectivity index (χ1v) is 6.59. The summed E-state index contributed by atoms with van der Waals surface area (Å²) in [7, 11) is -3.36. The molecule has 1 saturated carbocycles. The number of thiocarbonyl (C=S) groups is 1. The molecular formula is C8H16N2O2S2. The Balaban J connectivity index is 2.62. The van der Waals surface area contributed by atoms with Crippen LogP contribution in [0.4, 0.5) is 0 Å². The lowest BCUT2D eigenvalue weighted by Crippen LogP contribution is -2.47. The van der Waals surface area contributed by atoms with E-state index >= 15 is 0 Å². The Morgan fingerprint density at radius 1 is 1.57 bits per heavy atom. The second kappa shape index (κ2) is 3.75. The average Bonchev–Trinajstić information content (AvgIpc) is 2.57. The molecule has 0 saturated heterocycles. The summed E-state index contributed by atoms with van der Waals surface area (Å²) < 4.78 is 25.7. The third kappa shape index (κ3) is 3.51. The fourth-order valence-corrected chi connectivity index (χ4v) is 3.39. The summed E-state index contributed by atoms with van der Waals surface area (Å²) in [5.41, 5.74) is 4.83. The minimum absolute atomic E-state index is 0.00379. The zero-order valence-electron chi connectivity index (χ0n) is 8.41. The van der Waals surface area contributed by atoms with E-state index in [0.717, 1.165) is 12.8 Å². The standard InChI is InChI=1S/C8H16N2O2S2/c1-8(2,6-3-4-6)10-14(11,12)5-7(9)13/h6,10H,3-5H2,1-2H3,(H2,9,13). The first-order valence-electron chi connectivity index (χ1n) is 4.53. The van der Waals surface area contributed by atoms with Crippen LogP contribution in [0.1, 0.15) is 26.7 Å². The van der Waals surface area contributed by atoms with Gasteiger partial charge < -0.3 is 5.73 Å². The molecule has 1 fully saturated rings. The van der Waals surface area contributed by atoms with Crippen LogP contribution in [0, 0.1) is 5.92 Å². The zero-order chi connectivity index (χ0) is 11.0. The van der Waals surface area contributed by atoms with Crippen molar-refractivity contribution >= 4 is 27.2 Å². The largest absolute Gasteiger partial charge is 0.392 e. The van der Waals surface area contributed by atoms with Crippen LogP contribution in [0.5, 0.6) is 0 Å². The van der Waals surface area contributed by atoms with Gasteiger partial charge in [0.2, 0.25) is 10.0 Å². The Bertz CT molecular complexity index is 331. The molecule has 0 radical (unpaired) electrons. The van der Waals surface area contributed by atoms with Gasteiger partial charge in [0.1, 0.15) is 5.75 Å². The monoisotopic (exact) mass is 236 g/mol. The second-order valence-corrected chi connectivity index (χ2v) is 6.57. The van der Waals surface area contributed by atoms with Gasteiger partial charge in [-0.1, -0.05) is 12.2 Å². The Labute approximate surface area is 90.3 Å². The van der Waals surface area contributed by atoms with Crippen molar-refractivity contribution in [3.05, 3.63) is 0 Å². The highest BCUT2D eigenvalue weighted by atomic mass is 32.2. The molecule has 0 atom stereocenters. The van der Waals surface area contributed by atoms with E-state index < -0.39 is 10.0 Å². The summed E-state index contributed by atoms with van der Waals surface area (Å²) in [6, 6.07) is 0. The van der Waals surface area contributed by atoms with Crippen molar-refractivity contribution < 1.29 is 8.42 Å². The molecule has 0 spiro atoms. The van der Waals surface area contributed by atoms with Crippen molar-refractivity contribution in [1.29, 1.82) is 0 Å². The molecule has 1 aliphatic rings. The van der Waals surface area contributed by atoms with Crippen molar-refractivity contribution in [2.24, 2.45) is 11.7 Å². The lowest BCUT2D eigenvalue weighted by Gasteiger charge is -2.25. The van der Waals surface area contributed by atoms with Crippen LogP contribution in [-0.2, 0) is 10.0 Å². The molecular weight excluding hydrogens is 220 g/mol. The van der Waals surface area contributed by atoms with Gasteiger partial charge in [0.15, 0.2) is 0 Å². The van der Waals surface area contributed by atoms with E-state index in [4.69, 9.17) is 5.73 Å². The Hall–Kier alpha value is -0.200. The molecule has 0 aromatic rings. The maximum absolute atomic E-state index is 11.5. The molecule has 6 heteroatoms. The third-order valence-electron chi connectivity index (χ3n) is 2.35. The molecule has 82 valence electrons. The van der Waals surface area contributed by atoms with Crippen molar-refractivity contribution in [3.63, 3.8) is 0 Å². The van der Waals surface area contributed by atoms with Crippen LogP contribution in [0.3, 0.4) is 0 Å². The summed E-state index contributed by atoms with van der Waals surface area (Å²) in [5, 5.41) is 0. The van der Waals surface area contributed by atoms with Crippen molar-refractivity contribution in [2.75, 3.05) is 5.75 Å². The fraction of sp³-hybridized carbons (Fsp3) is 0.875. The molecule has 14 heavy (non-hydrogen) atoms. The molecule has 0 amide bonds. The average molecular weight is 236 g/mol. The Morgan fingerprint density at radius 3 is 2.43 bits per heavy atom. The van der Waals surface area contributed by atoms with E-state index in [1.807, 2.05) is 13.8 Å². The smallest absolute Gasteiger partial charge is 0.218 e. The number of rotatable bonds is 5. The molecule has 0 aromatic heterocycles. The highest BCUT2D eigenvalue weighted by molar-refractivity contribution is 7.92. The van der Waals surface area contributed by atoms with Crippen LogP contribution < -0.4 is 10.5 Å². The zero-order valence-corrected chi connectivity index (χ0v) is 10.0. The maximum Gasteiger partial charge on any atom is 0.218 e. The van der Waals surface area contributed by atoms with Crippen LogP contribution in [0.25, 0.3) is 0 Å². The highest BCUT2D eigenvalue weighted by Gasteiger charge is 2.40. The van der Waals surface area contributed by atoms with E-state index in [9.17, 15) is 8.42 Å². The van der Waals surface area contributed by atoms with Crippen molar-refractivity contribution in [1.82, 2.24) is 4.72 Å². The molecule has 0 aliphatic heterocycles. The Morgan fingerprint density at radius 2 is 2.07 bits per heavy atom. The molecule has 0 aromatic carbocycles. The molecule has 3 N–H and O–H groups in total. The van der Waals surface area contributed by atoms with Gasteiger partial charge in [-0.15, -0.1) is 0 Å². The van der Waals surface area contributed by atoms with Gasteiger partial charge in [-0.3, -0.25) is 0 Å². The number of hydrogen-bond donors (Lipinski definition) is 2. The highest BCUT2D eigenvalue weighted by Crippen LogP contribution is 2.39. The van der Waals surface area contributed by atoms with E-state index in [1.54, 1.807) is 0 Å². The fourth-order valence-electron chi connectivity index (χ4n) is 1.51. The van der Waals surface area contributed by atoms with Gasteiger partial charge in [-0.05, 0) is 32.6 Å². The molecule has 1 rings (SSSR count). The topological polar surface area (TPSA) is 72.2 Å². The van der Waals surface area contributed by atoms with Gasteiger partial charge in [0, 0.05) is 5.54 Å². The Kier molecular flexibility index (Phi) is 3.18. The molecule has 4 nitrogen and oxygen atoms in total. The van der Waals surface area contributed by atoms with Crippen LogP contribution >= 0.6 is 12.2 Å². The summed E-state index contributed by atoms with van der Waals surface area (Å²) in [6.07, 6.45) is 2.17. The van der Waals surface area contributed by atoms with E-state index in [0.29, 0.717) is 5.92 Å². The van der Waals surface area contributed by atoms with E-state index in [-0.39, 0.29) is 16.3 Å². The predicted octanol–water partition coefficient (Wildman–Crippen LogP) is 0.380. The summed E-state index contributed by atoms with van der Waals surface area (Å²) >= 11 is 4.57.